The van der Waals surface area contributed by atoms with Crippen molar-refractivity contribution in [2.75, 3.05) is 0 Å². The molecule has 0 bridgehead atoms. The lowest BCUT2D eigenvalue weighted by Gasteiger charge is -2.17. The Hall–Kier alpha value is -2.21. The summed E-state index contributed by atoms with van der Waals surface area (Å²) in [5.74, 6) is -1.18. The molecule has 2 N–H and O–H groups in total. The van der Waals surface area contributed by atoms with E-state index in [2.05, 4.69) is 31.1 Å². The van der Waals surface area contributed by atoms with E-state index >= 15 is 0 Å². The number of carboxylic acids is 1. The summed E-state index contributed by atoms with van der Waals surface area (Å²) in [6, 6.07) is 8.59. The van der Waals surface area contributed by atoms with Gasteiger partial charge in [-0.2, -0.15) is 0 Å². The Bertz CT molecular complexity index is 705. The SMILES string of the molecule is CC(C)(C)c1nc(CC(=O)N[C@@H](CC(=O)O)c2ccccc2)cs1. The van der Waals surface area contributed by atoms with Crippen LogP contribution in [-0.2, 0) is 21.4 Å². The number of aliphatic carboxylic acids is 1. The first kappa shape index (κ1) is 18.1. The number of hydrogen-bond donors (Lipinski definition) is 2. The van der Waals surface area contributed by atoms with E-state index in [1.807, 2.05) is 35.7 Å². The van der Waals surface area contributed by atoms with Gasteiger partial charge in [0.15, 0.2) is 0 Å². The highest BCUT2D eigenvalue weighted by Crippen LogP contribution is 2.25. The molecule has 0 unspecified atom stereocenters. The molecule has 128 valence electrons. The third kappa shape index (κ3) is 5.16. The number of nitrogens with zero attached hydrogens (tertiary/aromatic N) is 1. The van der Waals surface area contributed by atoms with E-state index < -0.39 is 12.0 Å². The number of aromatic nitrogens is 1. The van der Waals surface area contributed by atoms with E-state index in [4.69, 9.17) is 5.11 Å². The molecule has 0 aliphatic carbocycles. The van der Waals surface area contributed by atoms with Crippen LogP contribution in [0.1, 0.15) is 49.5 Å². The molecule has 1 aromatic carbocycles. The van der Waals surface area contributed by atoms with E-state index in [-0.39, 0.29) is 24.2 Å². The molecule has 1 amide bonds. The van der Waals surface area contributed by atoms with Gasteiger partial charge >= 0.3 is 5.97 Å². The van der Waals surface area contributed by atoms with Gasteiger partial charge in [-0.25, -0.2) is 4.98 Å². The predicted molar refractivity (Wildman–Crippen MR) is 94.1 cm³/mol. The molecule has 0 aliphatic rings. The Balaban J connectivity index is 2.05. The molecule has 0 saturated heterocycles. The van der Waals surface area contributed by atoms with Gasteiger partial charge < -0.3 is 10.4 Å². The van der Waals surface area contributed by atoms with Gasteiger partial charge in [-0.3, -0.25) is 9.59 Å². The fourth-order valence-corrected chi connectivity index (χ4v) is 3.16. The molecule has 2 aromatic rings. The first-order valence-electron chi connectivity index (χ1n) is 7.76. The zero-order chi connectivity index (χ0) is 17.7. The average Bonchev–Trinajstić information content (AvgIpc) is 2.95. The maximum Gasteiger partial charge on any atom is 0.305 e. The van der Waals surface area contributed by atoms with Gasteiger partial charge in [0.1, 0.15) is 0 Å². The van der Waals surface area contributed by atoms with Crippen molar-refractivity contribution in [3.05, 3.63) is 52.0 Å². The number of amides is 1. The summed E-state index contributed by atoms with van der Waals surface area (Å²) in [7, 11) is 0. The topological polar surface area (TPSA) is 79.3 Å². The van der Waals surface area contributed by atoms with Gasteiger partial charge in [-0.15, -0.1) is 11.3 Å². The summed E-state index contributed by atoms with van der Waals surface area (Å²) in [6.45, 7) is 6.23. The normalized spacial score (nSPS) is 12.6. The van der Waals surface area contributed by atoms with Gasteiger partial charge in [-0.1, -0.05) is 51.1 Å². The summed E-state index contributed by atoms with van der Waals surface area (Å²) in [4.78, 5) is 27.9. The van der Waals surface area contributed by atoms with E-state index in [1.165, 1.54) is 11.3 Å². The highest BCUT2D eigenvalue weighted by Gasteiger charge is 2.21. The lowest BCUT2D eigenvalue weighted by Crippen LogP contribution is -2.31. The summed E-state index contributed by atoms with van der Waals surface area (Å²) in [5, 5.41) is 14.8. The predicted octanol–water partition coefficient (Wildman–Crippen LogP) is 3.32. The second-order valence-electron chi connectivity index (χ2n) is 6.70. The molecule has 0 fully saturated rings. The maximum absolute atomic E-state index is 12.3. The number of thiazole rings is 1. The lowest BCUT2D eigenvalue weighted by atomic mass is 9.98. The van der Waals surface area contributed by atoms with E-state index in [1.54, 1.807) is 0 Å². The van der Waals surface area contributed by atoms with Crippen LogP contribution in [0.5, 0.6) is 0 Å². The first-order valence-corrected chi connectivity index (χ1v) is 8.64. The highest BCUT2D eigenvalue weighted by molar-refractivity contribution is 7.09. The number of carbonyl (C=O) groups is 2. The molecule has 6 heteroatoms. The van der Waals surface area contributed by atoms with Crippen LogP contribution in [0.2, 0.25) is 0 Å². The average molecular weight is 346 g/mol. The summed E-state index contributed by atoms with van der Waals surface area (Å²) < 4.78 is 0. The summed E-state index contributed by atoms with van der Waals surface area (Å²) >= 11 is 1.54. The second kappa shape index (κ2) is 7.57. The summed E-state index contributed by atoms with van der Waals surface area (Å²) in [5.41, 5.74) is 1.45. The van der Waals surface area contributed by atoms with Crippen molar-refractivity contribution in [1.29, 1.82) is 0 Å². The lowest BCUT2D eigenvalue weighted by molar-refractivity contribution is -0.137. The maximum atomic E-state index is 12.3. The van der Waals surface area contributed by atoms with Crippen LogP contribution in [0.4, 0.5) is 0 Å². The summed E-state index contributed by atoms with van der Waals surface area (Å²) in [6.07, 6.45) is -0.00437. The quantitative estimate of drug-likeness (QED) is 0.841. The Morgan fingerprint density at radius 2 is 1.92 bits per heavy atom. The van der Waals surface area contributed by atoms with Crippen LogP contribution in [0, 0.1) is 0 Å². The van der Waals surface area contributed by atoms with Crippen molar-refractivity contribution in [2.45, 2.75) is 45.1 Å². The van der Waals surface area contributed by atoms with Crippen LogP contribution in [-0.4, -0.2) is 22.0 Å². The number of benzene rings is 1. The number of nitrogens with one attached hydrogen (secondary N) is 1. The molecule has 5 nitrogen and oxygen atoms in total. The van der Waals surface area contributed by atoms with Crippen molar-refractivity contribution in [3.63, 3.8) is 0 Å². The minimum absolute atomic E-state index is 0.0464. The zero-order valence-corrected chi connectivity index (χ0v) is 14.9. The van der Waals surface area contributed by atoms with E-state index in [9.17, 15) is 9.59 Å². The van der Waals surface area contributed by atoms with Gasteiger partial charge in [0.25, 0.3) is 0 Å². The Labute approximate surface area is 145 Å². The van der Waals surface area contributed by atoms with Crippen molar-refractivity contribution in [2.24, 2.45) is 0 Å². The molecule has 0 radical (unpaired) electrons. The zero-order valence-electron chi connectivity index (χ0n) is 14.1. The van der Waals surface area contributed by atoms with Crippen LogP contribution in [0.25, 0.3) is 0 Å². The van der Waals surface area contributed by atoms with Gasteiger partial charge in [0, 0.05) is 10.8 Å². The number of rotatable bonds is 6. The van der Waals surface area contributed by atoms with E-state index in [0.29, 0.717) is 5.69 Å². The van der Waals surface area contributed by atoms with Crippen LogP contribution in [0.15, 0.2) is 35.7 Å². The standard InChI is InChI=1S/C18H22N2O3S/c1-18(2,3)17-19-13(11-24-17)9-15(21)20-14(10-16(22)23)12-7-5-4-6-8-12/h4-8,11,14H,9-10H2,1-3H3,(H,20,21)(H,22,23)/t14-/m0/s1. The number of hydrogen-bond acceptors (Lipinski definition) is 4. The first-order chi connectivity index (χ1) is 11.3. The van der Waals surface area contributed by atoms with Crippen molar-refractivity contribution in [1.82, 2.24) is 10.3 Å². The molecule has 2 rings (SSSR count). The Morgan fingerprint density at radius 1 is 1.25 bits per heavy atom. The Morgan fingerprint density at radius 3 is 2.46 bits per heavy atom. The molecule has 0 saturated carbocycles. The third-order valence-corrected chi connectivity index (χ3v) is 4.77. The molecular weight excluding hydrogens is 324 g/mol. The van der Waals surface area contributed by atoms with Gasteiger partial charge in [0.05, 0.1) is 29.6 Å². The van der Waals surface area contributed by atoms with Crippen LogP contribution in [0.3, 0.4) is 0 Å². The third-order valence-electron chi connectivity index (χ3n) is 3.45. The van der Waals surface area contributed by atoms with Crippen molar-refractivity contribution < 1.29 is 14.7 Å². The fraction of sp³-hybridized carbons (Fsp3) is 0.389. The molecule has 1 heterocycles. The largest absolute Gasteiger partial charge is 0.481 e. The minimum atomic E-state index is -0.951. The molecule has 1 aromatic heterocycles. The van der Waals surface area contributed by atoms with Crippen molar-refractivity contribution >= 4 is 23.2 Å². The minimum Gasteiger partial charge on any atom is -0.481 e. The van der Waals surface area contributed by atoms with Gasteiger partial charge in [-0.05, 0) is 5.56 Å². The number of carboxylic acid groups (broad SMARTS) is 1. The monoisotopic (exact) mass is 346 g/mol. The second-order valence-corrected chi connectivity index (χ2v) is 7.56. The van der Waals surface area contributed by atoms with E-state index in [0.717, 1.165) is 10.6 Å². The highest BCUT2D eigenvalue weighted by atomic mass is 32.1. The smallest absolute Gasteiger partial charge is 0.305 e. The molecule has 0 spiro atoms. The van der Waals surface area contributed by atoms with Gasteiger partial charge in [0.2, 0.25) is 5.91 Å². The molecule has 0 aliphatic heterocycles. The van der Waals surface area contributed by atoms with Crippen LogP contribution < -0.4 is 5.32 Å². The molecule has 1 atom stereocenters. The Kier molecular flexibility index (Phi) is 5.72. The van der Waals surface area contributed by atoms with Crippen molar-refractivity contribution in [3.8, 4) is 0 Å². The van der Waals surface area contributed by atoms with Crippen LogP contribution >= 0.6 is 11.3 Å². The fourth-order valence-electron chi connectivity index (χ4n) is 2.25. The molecular formula is C18H22N2O3S. The molecule has 24 heavy (non-hydrogen) atoms. The number of carbonyl (C=O) groups excluding carboxylic acids is 1.